The van der Waals surface area contributed by atoms with E-state index >= 15 is 0 Å². The van der Waals surface area contributed by atoms with Crippen molar-refractivity contribution in [1.29, 1.82) is 0 Å². The molecule has 0 aliphatic carbocycles. The van der Waals surface area contributed by atoms with Gasteiger partial charge in [0.15, 0.2) is 0 Å². The van der Waals surface area contributed by atoms with Crippen LogP contribution in [0.3, 0.4) is 0 Å². The summed E-state index contributed by atoms with van der Waals surface area (Å²) in [6.45, 7) is 0. The van der Waals surface area contributed by atoms with Crippen LogP contribution >= 0.6 is 0 Å². The van der Waals surface area contributed by atoms with Gasteiger partial charge in [-0.1, -0.05) is 24.3 Å². The van der Waals surface area contributed by atoms with E-state index in [1.165, 1.54) is 54.6 Å². The molecule has 4 aromatic rings. The van der Waals surface area contributed by atoms with Crippen molar-refractivity contribution in [2.24, 2.45) is 0 Å². The van der Waals surface area contributed by atoms with E-state index in [2.05, 4.69) is 0 Å². The Kier molecular flexibility index (Phi) is 4.43. The van der Waals surface area contributed by atoms with Crippen molar-refractivity contribution in [3.63, 3.8) is 0 Å². The molecule has 0 atom stereocenters. The van der Waals surface area contributed by atoms with Gasteiger partial charge in [-0.3, -0.25) is 0 Å². The highest BCUT2D eigenvalue weighted by molar-refractivity contribution is 7.90. The smallest absolute Gasteiger partial charge is 0.335 e. The highest BCUT2D eigenvalue weighted by atomic mass is 32.2. The lowest BCUT2D eigenvalue weighted by molar-refractivity contribution is 0.0697. The summed E-state index contributed by atoms with van der Waals surface area (Å²) in [6, 6.07) is 15.7. The first-order valence-corrected chi connectivity index (χ1v) is 9.88. The van der Waals surface area contributed by atoms with Crippen LogP contribution in [-0.2, 0) is 10.0 Å². The molecule has 0 saturated heterocycles. The predicted octanol–water partition coefficient (Wildman–Crippen LogP) is 4.52. The molecule has 0 amide bonds. The largest absolute Gasteiger partial charge is 0.478 e. The Morgan fingerprint density at radius 2 is 1.52 bits per heavy atom. The molecule has 0 unspecified atom stereocenters. The van der Waals surface area contributed by atoms with E-state index in [9.17, 15) is 27.1 Å². The highest BCUT2D eigenvalue weighted by Gasteiger charge is 2.27. The molecule has 0 aliphatic heterocycles. The van der Waals surface area contributed by atoms with Crippen molar-refractivity contribution in [2.45, 2.75) is 4.90 Å². The fourth-order valence-electron chi connectivity index (χ4n) is 3.20. The van der Waals surface area contributed by atoms with Gasteiger partial charge in [0, 0.05) is 5.39 Å². The van der Waals surface area contributed by atoms with Crippen LogP contribution in [-0.4, -0.2) is 23.5 Å². The molecule has 0 saturated carbocycles. The van der Waals surface area contributed by atoms with Crippen molar-refractivity contribution in [1.82, 2.24) is 3.97 Å². The van der Waals surface area contributed by atoms with Crippen LogP contribution in [0.4, 0.5) is 8.78 Å². The van der Waals surface area contributed by atoms with Gasteiger partial charge in [0.25, 0.3) is 10.0 Å². The third-order valence-corrected chi connectivity index (χ3v) is 6.25. The minimum Gasteiger partial charge on any atom is -0.478 e. The van der Waals surface area contributed by atoms with Gasteiger partial charge >= 0.3 is 5.97 Å². The van der Waals surface area contributed by atoms with Crippen molar-refractivity contribution in [2.75, 3.05) is 0 Å². The summed E-state index contributed by atoms with van der Waals surface area (Å²) in [5.74, 6) is -3.07. The normalized spacial score (nSPS) is 11.7. The molecule has 1 N–H and O–H groups in total. The predicted molar refractivity (Wildman–Crippen MR) is 103 cm³/mol. The molecule has 4 rings (SSSR count). The lowest BCUT2D eigenvalue weighted by Crippen LogP contribution is -2.14. The molecule has 5 nitrogen and oxygen atoms in total. The number of benzene rings is 3. The van der Waals surface area contributed by atoms with E-state index < -0.39 is 33.2 Å². The van der Waals surface area contributed by atoms with Crippen molar-refractivity contribution in [3.8, 4) is 11.3 Å². The summed E-state index contributed by atoms with van der Waals surface area (Å²) in [4.78, 5) is 11.2. The maximum atomic E-state index is 14.5. The molecule has 3 aromatic carbocycles. The van der Waals surface area contributed by atoms with Crippen LogP contribution in [0, 0.1) is 11.6 Å². The first-order chi connectivity index (χ1) is 13.8. The zero-order chi connectivity index (χ0) is 20.8. The number of carboxylic acid groups (broad SMARTS) is 1. The van der Waals surface area contributed by atoms with Crippen LogP contribution in [0.2, 0.25) is 0 Å². The molecular weight excluding hydrogens is 400 g/mol. The van der Waals surface area contributed by atoms with Crippen molar-refractivity contribution in [3.05, 3.63) is 90.0 Å². The van der Waals surface area contributed by atoms with E-state index in [1.807, 2.05) is 0 Å². The van der Waals surface area contributed by atoms with E-state index in [-0.39, 0.29) is 27.1 Å². The van der Waals surface area contributed by atoms with Crippen LogP contribution in [0.1, 0.15) is 10.4 Å². The van der Waals surface area contributed by atoms with E-state index in [0.717, 1.165) is 16.1 Å². The Morgan fingerprint density at radius 1 is 0.862 bits per heavy atom. The number of hydrogen-bond acceptors (Lipinski definition) is 3. The van der Waals surface area contributed by atoms with Crippen LogP contribution in [0.5, 0.6) is 0 Å². The highest BCUT2D eigenvalue weighted by Crippen LogP contribution is 2.35. The second-order valence-corrected chi connectivity index (χ2v) is 8.07. The Morgan fingerprint density at radius 3 is 2.14 bits per heavy atom. The third-order valence-electron chi connectivity index (χ3n) is 4.50. The summed E-state index contributed by atoms with van der Waals surface area (Å²) in [6.07, 6.45) is 0. The lowest BCUT2D eigenvalue weighted by atomic mass is 10.1. The number of aromatic carboxylic acids is 1. The Labute approximate surface area is 164 Å². The Bertz CT molecular complexity index is 1340. The van der Waals surface area contributed by atoms with Crippen LogP contribution in [0.25, 0.3) is 22.2 Å². The van der Waals surface area contributed by atoms with E-state index in [4.69, 9.17) is 0 Å². The van der Waals surface area contributed by atoms with Gasteiger partial charge in [0.1, 0.15) is 11.6 Å². The fraction of sp³-hybridized carbons (Fsp3) is 0. The molecule has 8 heteroatoms. The van der Waals surface area contributed by atoms with Gasteiger partial charge < -0.3 is 5.11 Å². The Balaban J connectivity index is 2.13. The van der Waals surface area contributed by atoms with Gasteiger partial charge in [-0.15, -0.1) is 0 Å². The molecule has 0 spiro atoms. The molecule has 1 heterocycles. The maximum absolute atomic E-state index is 14.5. The number of hydrogen-bond donors (Lipinski definition) is 1. The standard InChI is InChI=1S/C21H13F2NO4S/c22-16-7-4-8-17(23)20(16)19-12-14-11-13(21(25)26)9-10-18(14)24(19)29(27,28)15-5-2-1-3-6-15/h1-12H,(H,25,26). The summed E-state index contributed by atoms with van der Waals surface area (Å²) in [5, 5.41) is 9.44. The second-order valence-electron chi connectivity index (χ2n) is 6.29. The SMILES string of the molecule is O=C(O)c1ccc2c(c1)cc(-c1c(F)cccc1F)n2S(=O)(=O)c1ccccc1. The first-order valence-electron chi connectivity index (χ1n) is 8.44. The molecular formula is C21H13F2NO4S. The monoisotopic (exact) mass is 413 g/mol. The summed E-state index contributed by atoms with van der Waals surface area (Å²) in [7, 11) is -4.23. The number of fused-ring (bicyclic) bond motifs is 1. The summed E-state index contributed by atoms with van der Waals surface area (Å²) < 4.78 is 56.5. The van der Waals surface area contributed by atoms with Crippen molar-refractivity contribution < 1.29 is 27.1 Å². The van der Waals surface area contributed by atoms with E-state index in [1.54, 1.807) is 6.07 Å². The zero-order valence-electron chi connectivity index (χ0n) is 14.7. The molecule has 1 aromatic heterocycles. The number of rotatable bonds is 4. The molecule has 0 radical (unpaired) electrons. The van der Waals surface area contributed by atoms with Gasteiger partial charge in [-0.2, -0.15) is 0 Å². The minimum atomic E-state index is -4.23. The zero-order valence-corrected chi connectivity index (χ0v) is 15.5. The molecule has 0 aliphatic rings. The lowest BCUT2D eigenvalue weighted by Gasteiger charge is -2.13. The maximum Gasteiger partial charge on any atom is 0.335 e. The van der Waals surface area contributed by atoms with Crippen molar-refractivity contribution >= 4 is 26.9 Å². The van der Waals surface area contributed by atoms with Gasteiger partial charge in [-0.05, 0) is 48.5 Å². The topological polar surface area (TPSA) is 76.4 Å². The average Bonchev–Trinajstić information content (AvgIpc) is 3.07. The third kappa shape index (κ3) is 3.07. The van der Waals surface area contributed by atoms with Gasteiger partial charge in [-0.25, -0.2) is 26.0 Å². The number of halogens is 2. The number of carbonyl (C=O) groups is 1. The summed E-state index contributed by atoms with van der Waals surface area (Å²) >= 11 is 0. The number of nitrogens with zero attached hydrogens (tertiary/aromatic N) is 1. The van der Waals surface area contributed by atoms with Crippen LogP contribution < -0.4 is 0 Å². The quantitative estimate of drug-likeness (QED) is 0.534. The van der Waals surface area contributed by atoms with Gasteiger partial charge in [0.2, 0.25) is 0 Å². The summed E-state index contributed by atoms with van der Waals surface area (Å²) in [5.41, 5.74) is -0.717. The number of aromatic nitrogens is 1. The minimum absolute atomic E-state index is 0.0715. The molecule has 146 valence electrons. The average molecular weight is 413 g/mol. The van der Waals surface area contributed by atoms with Gasteiger partial charge in [0.05, 0.1) is 27.2 Å². The Hall–Kier alpha value is -3.52. The second kappa shape index (κ2) is 6.82. The molecule has 29 heavy (non-hydrogen) atoms. The first kappa shape index (κ1) is 18.8. The van der Waals surface area contributed by atoms with Crippen LogP contribution in [0.15, 0.2) is 77.7 Å². The fourth-order valence-corrected chi connectivity index (χ4v) is 4.74. The molecule has 0 fully saturated rings. The van der Waals surface area contributed by atoms with E-state index in [0.29, 0.717) is 0 Å². The number of carboxylic acids is 1. The molecule has 0 bridgehead atoms.